The van der Waals surface area contributed by atoms with E-state index < -0.39 is 0 Å². The first-order valence-electron chi connectivity index (χ1n) is 5.71. The lowest BCUT2D eigenvalue weighted by Crippen LogP contribution is -2.18. The molecule has 0 aliphatic carbocycles. The number of aromatic nitrogens is 3. The van der Waals surface area contributed by atoms with Crippen LogP contribution in [0.2, 0.25) is 0 Å². The van der Waals surface area contributed by atoms with Crippen molar-refractivity contribution in [2.45, 2.75) is 19.9 Å². The van der Waals surface area contributed by atoms with Crippen LogP contribution in [-0.4, -0.2) is 21.8 Å². The highest BCUT2D eigenvalue weighted by Gasteiger charge is 2.16. The van der Waals surface area contributed by atoms with Crippen molar-refractivity contribution >= 4 is 0 Å². The van der Waals surface area contributed by atoms with Crippen LogP contribution in [0.25, 0.3) is 0 Å². The molecule has 0 aromatic carbocycles. The summed E-state index contributed by atoms with van der Waals surface area (Å²) in [7, 11) is 3.88. The molecular formula is C13H18N4. The molecule has 2 heterocycles. The molecule has 0 radical (unpaired) electrons. The molecule has 17 heavy (non-hydrogen) atoms. The van der Waals surface area contributed by atoms with E-state index in [4.69, 9.17) is 0 Å². The first kappa shape index (κ1) is 11.8. The molecule has 0 saturated heterocycles. The molecule has 0 bridgehead atoms. The maximum absolute atomic E-state index is 4.51. The third-order valence-corrected chi connectivity index (χ3v) is 2.92. The van der Waals surface area contributed by atoms with Gasteiger partial charge in [-0.05, 0) is 32.5 Å². The Bertz CT molecular complexity index is 516. The molecule has 0 aliphatic heterocycles. The van der Waals surface area contributed by atoms with Crippen LogP contribution >= 0.6 is 0 Å². The third kappa shape index (κ3) is 2.36. The average Bonchev–Trinajstić information content (AvgIpc) is 2.69. The molecule has 2 rings (SSSR count). The predicted molar refractivity (Wildman–Crippen MR) is 67.8 cm³/mol. The Morgan fingerprint density at radius 3 is 2.59 bits per heavy atom. The second-order valence-electron chi connectivity index (χ2n) is 4.30. The minimum absolute atomic E-state index is 0.150. The van der Waals surface area contributed by atoms with Gasteiger partial charge in [0.05, 0.1) is 12.2 Å². The van der Waals surface area contributed by atoms with E-state index in [1.165, 1.54) is 5.56 Å². The maximum atomic E-state index is 4.51. The summed E-state index contributed by atoms with van der Waals surface area (Å²) in [6.45, 7) is 4.05. The van der Waals surface area contributed by atoms with E-state index in [0.717, 1.165) is 17.0 Å². The van der Waals surface area contributed by atoms with Crippen molar-refractivity contribution in [3.05, 3.63) is 47.0 Å². The Hall–Kier alpha value is -1.68. The lowest BCUT2D eigenvalue weighted by atomic mass is 10.0. The number of rotatable bonds is 3. The van der Waals surface area contributed by atoms with Crippen molar-refractivity contribution in [2.24, 2.45) is 7.05 Å². The quantitative estimate of drug-likeness (QED) is 0.873. The number of hydrogen-bond donors (Lipinski definition) is 1. The van der Waals surface area contributed by atoms with Gasteiger partial charge in [0.1, 0.15) is 0 Å². The molecule has 0 amide bonds. The predicted octanol–water partition coefficient (Wildman–Crippen LogP) is 1.74. The molecule has 4 nitrogen and oxygen atoms in total. The number of aryl methyl sites for hydroxylation is 3. The van der Waals surface area contributed by atoms with E-state index in [1.807, 2.05) is 51.1 Å². The second-order valence-corrected chi connectivity index (χ2v) is 4.30. The Balaban J connectivity index is 2.42. The molecule has 1 atom stereocenters. The average molecular weight is 230 g/mol. The van der Waals surface area contributed by atoms with Crippen molar-refractivity contribution in [3.63, 3.8) is 0 Å². The number of hydrogen-bond acceptors (Lipinski definition) is 3. The number of pyridine rings is 1. The Labute approximate surface area is 102 Å². The Morgan fingerprint density at radius 1 is 1.29 bits per heavy atom. The van der Waals surface area contributed by atoms with Crippen LogP contribution < -0.4 is 5.32 Å². The molecule has 0 aliphatic rings. The van der Waals surface area contributed by atoms with E-state index in [9.17, 15) is 0 Å². The minimum atomic E-state index is 0.150. The molecule has 0 fully saturated rings. The zero-order chi connectivity index (χ0) is 12.4. The second kappa shape index (κ2) is 4.67. The van der Waals surface area contributed by atoms with Gasteiger partial charge in [0.2, 0.25) is 0 Å². The smallest absolute Gasteiger partial charge is 0.0623 e. The summed E-state index contributed by atoms with van der Waals surface area (Å²) in [5, 5.41) is 7.53. The zero-order valence-electron chi connectivity index (χ0n) is 10.7. The first-order valence-corrected chi connectivity index (χ1v) is 5.71. The summed E-state index contributed by atoms with van der Waals surface area (Å²) in [6.07, 6.45) is 3.92. The topological polar surface area (TPSA) is 42.7 Å². The van der Waals surface area contributed by atoms with Gasteiger partial charge in [0, 0.05) is 30.2 Å². The van der Waals surface area contributed by atoms with Crippen molar-refractivity contribution < 1.29 is 0 Å². The number of nitrogens with one attached hydrogen (secondary N) is 1. The fourth-order valence-corrected chi connectivity index (χ4v) is 2.09. The molecule has 0 saturated carbocycles. The highest BCUT2D eigenvalue weighted by molar-refractivity contribution is 5.32. The fourth-order valence-electron chi connectivity index (χ4n) is 2.09. The van der Waals surface area contributed by atoms with E-state index in [0.29, 0.717) is 0 Å². The standard InChI is InChI=1S/C13H18N4/c1-9-5-6-12(10(2)16-9)13(14-3)11-7-15-17(4)8-11/h5-8,13-14H,1-4H3. The number of nitrogens with zero attached hydrogens (tertiary/aromatic N) is 3. The lowest BCUT2D eigenvalue weighted by molar-refractivity contribution is 0.680. The zero-order valence-corrected chi connectivity index (χ0v) is 10.7. The molecule has 0 spiro atoms. The van der Waals surface area contributed by atoms with E-state index >= 15 is 0 Å². The van der Waals surface area contributed by atoms with Gasteiger partial charge < -0.3 is 5.32 Å². The Morgan fingerprint density at radius 2 is 2.06 bits per heavy atom. The van der Waals surface area contributed by atoms with Crippen molar-refractivity contribution in [3.8, 4) is 0 Å². The van der Waals surface area contributed by atoms with Crippen LogP contribution in [0.4, 0.5) is 0 Å². The minimum Gasteiger partial charge on any atom is -0.309 e. The largest absolute Gasteiger partial charge is 0.309 e. The van der Waals surface area contributed by atoms with Crippen molar-refractivity contribution in [1.82, 2.24) is 20.1 Å². The summed E-state index contributed by atoms with van der Waals surface area (Å²) >= 11 is 0. The molecule has 2 aromatic rings. The molecule has 4 heteroatoms. The molecule has 2 aromatic heterocycles. The van der Waals surface area contributed by atoms with Gasteiger partial charge in [-0.25, -0.2) is 0 Å². The highest BCUT2D eigenvalue weighted by Crippen LogP contribution is 2.23. The summed E-state index contributed by atoms with van der Waals surface area (Å²) in [5.74, 6) is 0. The van der Waals surface area contributed by atoms with Crippen LogP contribution in [0.5, 0.6) is 0 Å². The summed E-state index contributed by atoms with van der Waals surface area (Å²) in [4.78, 5) is 4.51. The summed E-state index contributed by atoms with van der Waals surface area (Å²) in [5.41, 5.74) is 4.47. The van der Waals surface area contributed by atoms with Gasteiger partial charge in [0.25, 0.3) is 0 Å². The summed E-state index contributed by atoms with van der Waals surface area (Å²) in [6, 6.07) is 4.33. The molecule has 90 valence electrons. The fraction of sp³-hybridized carbons (Fsp3) is 0.385. The highest BCUT2D eigenvalue weighted by atomic mass is 15.2. The van der Waals surface area contributed by atoms with Crippen molar-refractivity contribution in [1.29, 1.82) is 0 Å². The first-order chi connectivity index (χ1) is 8.11. The maximum Gasteiger partial charge on any atom is 0.0623 e. The van der Waals surface area contributed by atoms with Gasteiger partial charge in [0.15, 0.2) is 0 Å². The molecule has 1 unspecified atom stereocenters. The van der Waals surface area contributed by atoms with E-state index in [2.05, 4.69) is 21.5 Å². The van der Waals surface area contributed by atoms with Gasteiger partial charge in [-0.1, -0.05) is 6.07 Å². The van der Waals surface area contributed by atoms with Crippen LogP contribution in [0.3, 0.4) is 0 Å². The monoisotopic (exact) mass is 230 g/mol. The van der Waals surface area contributed by atoms with Gasteiger partial charge in [-0.15, -0.1) is 0 Å². The SMILES string of the molecule is CNC(c1cnn(C)c1)c1ccc(C)nc1C. The van der Waals surface area contributed by atoms with E-state index in [-0.39, 0.29) is 6.04 Å². The third-order valence-electron chi connectivity index (χ3n) is 2.92. The van der Waals surface area contributed by atoms with Crippen molar-refractivity contribution in [2.75, 3.05) is 7.05 Å². The lowest BCUT2D eigenvalue weighted by Gasteiger charge is -2.17. The van der Waals surface area contributed by atoms with Gasteiger partial charge >= 0.3 is 0 Å². The van der Waals surface area contributed by atoms with Crippen LogP contribution in [0.15, 0.2) is 24.5 Å². The van der Waals surface area contributed by atoms with Gasteiger partial charge in [-0.2, -0.15) is 5.10 Å². The Kier molecular flexibility index (Phi) is 3.24. The summed E-state index contributed by atoms with van der Waals surface area (Å²) < 4.78 is 1.82. The van der Waals surface area contributed by atoms with Gasteiger partial charge in [-0.3, -0.25) is 9.67 Å². The van der Waals surface area contributed by atoms with E-state index in [1.54, 1.807) is 0 Å². The van der Waals surface area contributed by atoms with Crippen LogP contribution in [0, 0.1) is 13.8 Å². The van der Waals surface area contributed by atoms with Crippen LogP contribution in [0.1, 0.15) is 28.6 Å². The normalized spacial score (nSPS) is 12.7. The molecular weight excluding hydrogens is 212 g/mol. The van der Waals surface area contributed by atoms with Crippen LogP contribution in [-0.2, 0) is 7.05 Å². The molecule has 1 N–H and O–H groups in total.